The molecule has 4 heteroatoms. The van der Waals surface area contributed by atoms with Gasteiger partial charge in [0, 0.05) is 12.4 Å². The summed E-state index contributed by atoms with van der Waals surface area (Å²) in [5.41, 5.74) is 3.86. The Hall–Kier alpha value is -3.40. The molecule has 0 spiro atoms. The van der Waals surface area contributed by atoms with Crippen LogP contribution in [0.3, 0.4) is 0 Å². The summed E-state index contributed by atoms with van der Waals surface area (Å²) in [5, 5.41) is 11.3. The highest BCUT2D eigenvalue weighted by Gasteiger charge is 2.19. The van der Waals surface area contributed by atoms with Gasteiger partial charge in [0.25, 0.3) is 0 Å². The van der Waals surface area contributed by atoms with E-state index in [1.165, 1.54) is 5.56 Å². The van der Waals surface area contributed by atoms with Crippen LogP contribution in [-0.2, 0) is 0 Å². The first kappa shape index (κ1) is 18.0. The molecule has 3 aromatic carbocycles. The van der Waals surface area contributed by atoms with Crippen LogP contribution in [0.4, 0.5) is 5.82 Å². The van der Waals surface area contributed by atoms with Gasteiger partial charge in [0.2, 0.25) is 0 Å². The van der Waals surface area contributed by atoms with Crippen LogP contribution in [0.15, 0.2) is 72.8 Å². The van der Waals surface area contributed by atoms with Gasteiger partial charge in [-0.05, 0) is 49.2 Å². The number of hydrogen-bond donors (Lipinski definition) is 1. The second-order valence-corrected chi connectivity index (χ2v) is 7.11. The first-order chi connectivity index (χ1) is 13.5. The van der Waals surface area contributed by atoms with E-state index in [4.69, 9.17) is 9.97 Å². The lowest BCUT2D eigenvalue weighted by atomic mass is 10.1. The van der Waals surface area contributed by atoms with Gasteiger partial charge >= 0.3 is 0 Å². The lowest BCUT2D eigenvalue weighted by Gasteiger charge is -2.28. The number of aromatic hydroxyl groups is 1. The highest BCUT2D eigenvalue weighted by Crippen LogP contribution is 2.34. The molecule has 0 saturated heterocycles. The number of phenolic OH excluding ortho intramolecular Hbond substituents is 1. The zero-order valence-corrected chi connectivity index (χ0v) is 16.3. The van der Waals surface area contributed by atoms with E-state index in [0.29, 0.717) is 11.4 Å². The highest BCUT2D eigenvalue weighted by atomic mass is 16.3. The van der Waals surface area contributed by atoms with E-state index in [2.05, 4.69) is 61.2 Å². The van der Waals surface area contributed by atoms with Crippen molar-refractivity contribution >= 4 is 16.7 Å². The van der Waals surface area contributed by atoms with E-state index in [-0.39, 0.29) is 11.8 Å². The maximum absolute atomic E-state index is 10.3. The van der Waals surface area contributed by atoms with Gasteiger partial charge in [-0.2, -0.15) is 0 Å². The molecule has 4 rings (SSSR count). The molecule has 0 fully saturated rings. The third-order valence-electron chi connectivity index (χ3n) is 5.17. The molecule has 1 N–H and O–H groups in total. The molecule has 0 amide bonds. The molecule has 0 aliphatic carbocycles. The Morgan fingerprint density at radius 3 is 2.36 bits per heavy atom. The average molecular weight is 369 g/mol. The standard InChI is InChI=1S/C24H23N3O/c1-16-13-14-19-21(15-16)25-23(20-11-7-8-12-22(20)28)26-24(19)27(3)17(2)18-9-5-4-6-10-18/h4-15,17,28H,1-3H3/t17-/m0/s1. The number of para-hydroxylation sites is 1. The van der Waals surface area contributed by atoms with E-state index in [9.17, 15) is 5.11 Å². The summed E-state index contributed by atoms with van der Waals surface area (Å²) < 4.78 is 0. The minimum atomic E-state index is 0.137. The molecule has 0 saturated carbocycles. The van der Waals surface area contributed by atoms with Crippen molar-refractivity contribution in [1.82, 2.24) is 9.97 Å². The molecule has 1 aromatic heterocycles. The molecular formula is C24H23N3O. The lowest BCUT2D eigenvalue weighted by Crippen LogP contribution is -2.23. The van der Waals surface area contributed by atoms with Crippen LogP contribution in [0.1, 0.15) is 24.1 Å². The van der Waals surface area contributed by atoms with Gasteiger partial charge in [-0.3, -0.25) is 0 Å². The Labute approximate surface area is 165 Å². The van der Waals surface area contributed by atoms with Crippen LogP contribution in [0.5, 0.6) is 5.75 Å². The Balaban J connectivity index is 1.90. The number of fused-ring (bicyclic) bond motifs is 1. The monoisotopic (exact) mass is 369 g/mol. The Morgan fingerprint density at radius 1 is 0.893 bits per heavy atom. The molecule has 1 heterocycles. The zero-order valence-electron chi connectivity index (χ0n) is 16.3. The minimum Gasteiger partial charge on any atom is -0.507 e. The summed E-state index contributed by atoms with van der Waals surface area (Å²) in [6.07, 6.45) is 0. The van der Waals surface area contributed by atoms with Crippen molar-refractivity contribution in [1.29, 1.82) is 0 Å². The van der Waals surface area contributed by atoms with Crippen molar-refractivity contribution in [3.05, 3.63) is 83.9 Å². The maximum Gasteiger partial charge on any atom is 0.165 e. The molecule has 28 heavy (non-hydrogen) atoms. The van der Waals surface area contributed by atoms with Crippen LogP contribution in [-0.4, -0.2) is 22.1 Å². The summed E-state index contributed by atoms with van der Waals surface area (Å²) >= 11 is 0. The van der Waals surface area contributed by atoms with Crippen molar-refractivity contribution < 1.29 is 5.11 Å². The van der Waals surface area contributed by atoms with E-state index < -0.39 is 0 Å². The number of aromatic nitrogens is 2. The number of aryl methyl sites for hydroxylation is 1. The molecule has 0 unspecified atom stereocenters. The number of nitrogens with zero attached hydrogens (tertiary/aromatic N) is 3. The topological polar surface area (TPSA) is 49.2 Å². The van der Waals surface area contributed by atoms with Gasteiger partial charge in [0.15, 0.2) is 5.82 Å². The second-order valence-electron chi connectivity index (χ2n) is 7.11. The first-order valence-corrected chi connectivity index (χ1v) is 9.39. The van der Waals surface area contributed by atoms with Crippen LogP contribution < -0.4 is 4.90 Å². The minimum absolute atomic E-state index is 0.137. The van der Waals surface area contributed by atoms with Crippen LogP contribution >= 0.6 is 0 Å². The molecule has 140 valence electrons. The largest absolute Gasteiger partial charge is 0.507 e. The van der Waals surface area contributed by atoms with E-state index >= 15 is 0 Å². The van der Waals surface area contributed by atoms with Crippen LogP contribution in [0.25, 0.3) is 22.3 Å². The van der Waals surface area contributed by atoms with Gasteiger partial charge in [0.05, 0.1) is 17.1 Å². The van der Waals surface area contributed by atoms with Crippen molar-refractivity contribution in [2.45, 2.75) is 19.9 Å². The first-order valence-electron chi connectivity index (χ1n) is 9.39. The average Bonchev–Trinajstić information content (AvgIpc) is 2.72. The number of benzene rings is 3. The number of hydrogen-bond acceptors (Lipinski definition) is 4. The summed E-state index contributed by atoms with van der Waals surface area (Å²) in [6.45, 7) is 4.22. The normalized spacial score (nSPS) is 12.1. The van der Waals surface area contributed by atoms with Gasteiger partial charge < -0.3 is 10.0 Å². The van der Waals surface area contributed by atoms with Crippen LogP contribution in [0.2, 0.25) is 0 Å². The van der Waals surface area contributed by atoms with Gasteiger partial charge in [0.1, 0.15) is 11.6 Å². The molecule has 0 aliphatic heterocycles. The quantitative estimate of drug-likeness (QED) is 0.515. The highest BCUT2D eigenvalue weighted by molar-refractivity contribution is 5.92. The molecule has 0 aliphatic rings. The Bertz CT molecular complexity index is 1130. The third kappa shape index (κ3) is 3.29. The maximum atomic E-state index is 10.3. The molecule has 0 radical (unpaired) electrons. The van der Waals surface area contributed by atoms with Crippen molar-refractivity contribution in [3.8, 4) is 17.1 Å². The smallest absolute Gasteiger partial charge is 0.165 e. The van der Waals surface area contributed by atoms with Gasteiger partial charge in [-0.1, -0.05) is 48.5 Å². The fraction of sp³-hybridized carbons (Fsp3) is 0.167. The van der Waals surface area contributed by atoms with Crippen molar-refractivity contribution in [2.75, 3.05) is 11.9 Å². The number of rotatable bonds is 4. The Morgan fingerprint density at radius 2 is 1.61 bits per heavy atom. The molecule has 4 nitrogen and oxygen atoms in total. The van der Waals surface area contributed by atoms with E-state index in [1.807, 2.05) is 25.2 Å². The second kappa shape index (κ2) is 7.31. The zero-order chi connectivity index (χ0) is 19.7. The summed E-state index contributed by atoms with van der Waals surface area (Å²) in [6, 6.07) is 23.9. The summed E-state index contributed by atoms with van der Waals surface area (Å²) in [7, 11) is 2.05. The van der Waals surface area contributed by atoms with Gasteiger partial charge in [-0.15, -0.1) is 0 Å². The molecular weight excluding hydrogens is 346 g/mol. The summed E-state index contributed by atoms with van der Waals surface area (Å²) in [5.74, 6) is 1.55. The van der Waals surface area contributed by atoms with Crippen molar-refractivity contribution in [2.24, 2.45) is 0 Å². The molecule has 1 atom stereocenters. The third-order valence-corrected chi connectivity index (χ3v) is 5.17. The number of anilines is 1. The SMILES string of the molecule is Cc1ccc2c(N(C)[C@@H](C)c3ccccc3)nc(-c3ccccc3O)nc2c1. The van der Waals surface area contributed by atoms with E-state index in [1.54, 1.807) is 12.1 Å². The molecule has 4 aromatic rings. The van der Waals surface area contributed by atoms with Crippen molar-refractivity contribution in [3.63, 3.8) is 0 Å². The fourth-order valence-electron chi connectivity index (χ4n) is 3.41. The van der Waals surface area contributed by atoms with E-state index in [0.717, 1.165) is 22.3 Å². The predicted octanol–water partition coefficient (Wildman–Crippen LogP) is 5.51. The number of phenols is 1. The lowest BCUT2D eigenvalue weighted by molar-refractivity contribution is 0.477. The predicted molar refractivity (Wildman–Crippen MR) is 115 cm³/mol. The van der Waals surface area contributed by atoms with Gasteiger partial charge in [-0.25, -0.2) is 9.97 Å². The molecule has 0 bridgehead atoms. The fourth-order valence-corrected chi connectivity index (χ4v) is 3.41. The van der Waals surface area contributed by atoms with Crippen LogP contribution in [0, 0.1) is 6.92 Å². The Kier molecular flexibility index (Phi) is 4.70. The summed E-state index contributed by atoms with van der Waals surface area (Å²) in [4.78, 5) is 11.8.